The summed E-state index contributed by atoms with van der Waals surface area (Å²) >= 11 is 1.67. The zero-order valence-electron chi connectivity index (χ0n) is 11.3. The molecule has 2 aromatic rings. The molecule has 3 rings (SSSR count). The van der Waals surface area contributed by atoms with Gasteiger partial charge in [-0.3, -0.25) is 5.10 Å². The van der Waals surface area contributed by atoms with E-state index in [1.807, 2.05) is 0 Å². The molecule has 20 heavy (non-hydrogen) atoms. The van der Waals surface area contributed by atoms with E-state index in [2.05, 4.69) is 15.2 Å². The molecule has 0 aliphatic heterocycles. The van der Waals surface area contributed by atoms with Crippen LogP contribution in [0.15, 0.2) is 29.4 Å². The molecule has 1 saturated carbocycles. The number of thioether (sulfide) groups is 1. The van der Waals surface area contributed by atoms with Crippen LogP contribution >= 0.6 is 11.8 Å². The number of halogens is 1. The maximum atomic E-state index is 13.7. The van der Waals surface area contributed by atoms with Crippen molar-refractivity contribution in [3.05, 3.63) is 30.1 Å². The molecule has 0 amide bonds. The van der Waals surface area contributed by atoms with Crippen molar-refractivity contribution in [2.24, 2.45) is 5.92 Å². The van der Waals surface area contributed by atoms with Crippen LogP contribution in [0.2, 0.25) is 0 Å². The first-order chi connectivity index (χ1) is 9.83. The van der Waals surface area contributed by atoms with E-state index < -0.39 is 0 Å². The molecule has 106 valence electrons. The quantitative estimate of drug-likeness (QED) is 0.855. The molecule has 0 spiro atoms. The van der Waals surface area contributed by atoms with Crippen molar-refractivity contribution in [3.63, 3.8) is 0 Å². The Balaban J connectivity index is 1.63. The van der Waals surface area contributed by atoms with Gasteiger partial charge in [0.15, 0.2) is 5.82 Å². The van der Waals surface area contributed by atoms with Crippen molar-refractivity contribution in [1.29, 1.82) is 0 Å². The molecule has 0 unspecified atom stereocenters. The van der Waals surface area contributed by atoms with Crippen molar-refractivity contribution in [2.75, 3.05) is 5.75 Å². The molecule has 0 bridgehead atoms. The number of benzene rings is 1. The Labute approximate surface area is 122 Å². The number of H-pyrrole nitrogens is 1. The zero-order valence-corrected chi connectivity index (χ0v) is 12.1. The van der Waals surface area contributed by atoms with E-state index in [0.717, 1.165) is 11.7 Å². The number of rotatable bonds is 4. The summed E-state index contributed by atoms with van der Waals surface area (Å²) in [7, 11) is 0. The number of nitrogens with zero attached hydrogens (tertiary/aromatic N) is 2. The molecule has 1 N–H and O–H groups in total. The number of hydrogen-bond donors (Lipinski definition) is 1. The van der Waals surface area contributed by atoms with Gasteiger partial charge in [0.05, 0.1) is 5.56 Å². The second-order valence-electron chi connectivity index (χ2n) is 5.26. The van der Waals surface area contributed by atoms with Crippen LogP contribution in [0, 0.1) is 11.7 Å². The van der Waals surface area contributed by atoms with Gasteiger partial charge < -0.3 is 0 Å². The van der Waals surface area contributed by atoms with Gasteiger partial charge in [-0.25, -0.2) is 9.37 Å². The van der Waals surface area contributed by atoms with Gasteiger partial charge >= 0.3 is 0 Å². The minimum Gasteiger partial charge on any atom is -0.258 e. The summed E-state index contributed by atoms with van der Waals surface area (Å²) in [4.78, 5) is 4.38. The molecule has 1 heterocycles. The first-order valence-corrected chi connectivity index (χ1v) is 8.11. The second-order valence-corrected chi connectivity index (χ2v) is 6.25. The molecular formula is C15H18FN3S. The first-order valence-electron chi connectivity index (χ1n) is 7.13. The average molecular weight is 291 g/mol. The van der Waals surface area contributed by atoms with Crippen molar-refractivity contribution < 1.29 is 4.39 Å². The standard InChI is InChI=1S/C15H18FN3S/c16-13-9-5-4-8-12(13)14-17-15(19-18-14)20-10-11-6-2-1-3-7-11/h4-5,8-9,11H,1-3,6-7,10H2,(H,17,18,19). The SMILES string of the molecule is Fc1ccccc1-c1nc(SCC2CCCCC2)n[nH]1. The smallest absolute Gasteiger partial charge is 0.208 e. The third-order valence-corrected chi connectivity index (χ3v) is 4.85. The predicted molar refractivity (Wildman–Crippen MR) is 79.1 cm³/mol. The lowest BCUT2D eigenvalue weighted by Gasteiger charge is -2.20. The summed E-state index contributed by atoms with van der Waals surface area (Å²) in [5, 5.41) is 7.72. The van der Waals surface area contributed by atoms with Crippen molar-refractivity contribution in [3.8, 4) is 11.4 Å². The van der Waals surface area contributed by atoms with Gasteiger partial charge in [0.2, 0.25) is 5.16 Å². The Kier molecular flexibility index (Phi) is 4.35. The Morgan fingerprint density at radius 1 is 1.20 bits per heavy atom. The highest BCUT2D eigenvalue weighted by atomic mass is 32.2. The Bertz CT molecular complexity index is 564. The third-order valence-electron chi connectivity index (χ3n) is 3.77. The molecule has 5 heteroatoms. The summed E-state index contributed by atoms with van der Waals surface area (Å²) in [5.74, 6) is 2.08. The lowest BCUT2D eigenvalue weighted by molar-refractivity contribution is 0.391. The molecule has 0 atom stereocenters. The summed E-state index contributed by atoms with van der Waals surface area (Å²) in [5.41, 5.74) is 0.476. The Morgan fingerprint density at radius 3 is 2.80 bits per heavy atom. The molecule has 1 aromatic carbocycles. The topological polar surface area (TPSA) is 41.6 Å². The van der Waals surface area contributed by atoms with E-state index in [-0.39, 0.29) is 5.82 Å². The van der Waals surface area contributed by atoms with E-state index in [4.69, 9.17) is 0 Å². The fourth-order valence-electron chi connectivity index (χ4n) is 2.63. The summed E-state index contributed by atoms with van der Waals surface area (Å²) < 4.78 is 13.7. The minimum atomic E-state index is -0.271. The van der Waals surface area contributed by atoms with E-state index in [1.54, 1.807) is 30.0 Å². The van der Waals surface area contributed by atoms with Gasteiger partial charge in [-0.05, 0) is 30.9 Å². The molecule has 0 radical (unpaired) electrons. The van der Waals surface area contributed by atoms with E-state index in [0.29, 0.717) is 16.5 Å². The molecular weight excluding hydrogens is 273 g/mol. The number of aromatic nitrogens is 3. The van der Waals surface area contributed by atoms with Crippen LogP contribution in [0.1, 0.15) is 32.1 Å². The monoisotopic (exact) mass is 291 g/mol. The second kappa shape index (κ2) is 6.39. The summed E-state index contributed by atoms with van der Waals surface area (Å²) in [6.07, 6.45) is 6.70. The van der Waals surface area contributed by atoms with Crippen LogP contribution < -0.4 is 0 Å². The first kappa shape index (κ1) is 13.6. The van der Waals surface area contributed by atoms with Crippen LogP contribution in [0.4, 0.5) is 4.39 Å². The summed E-state index contributed by atoms with van der Waals surface area (Å²) in [6, 6.07) is 6.63. The van der Waals surface area contributed by atoms with Crippen LogP contribution in [0.5, 0.6) is 0 Å². The lowest BCUT2D eigenvalue weighted by atomic mass is 9.91. The molecule has 0 saturated heterocycles. The normalized spacial score (nSPS) is 16.4. The minimum absolute atomic E-state index is 0.271. The zero-order chi connectivity index (χ0) is 13.8. The molecule has 1 aliphatic carbocycles. The van der Waals surface area contributed by atoms with Crippen molar-refractivity contribution >= 4 is 11.8 Å². The third kappa shape index (κ3) is 3.20. The van der Waals surface area contributed by atoms with Crippen molar-refractivity contribution in [1.82, 2.24) is 15.2 Å². The molecule has 3 nitrogen and oxygen atoms in total. The Hall–Kier alpha value is -1.36. The maximum Gasteiger partial charge on any atom is 0.208 e. The van der Waals surface area contributed by atoms with Crippen molar-refractivity contribution in [2.45, 2.75) is 37.3 Å². The highest BCUT2D eigenvalue weighted by Crippen LogP contribution is 2.29. The highest BCUT2D eigenvalue weighted by Gasteiger charge is 2.15. The molecule has 1 aromatic heterocycles. The van der Waals surface area contributed by atoms with Crippen LogP contribution in [-0.4, -0.2) is 20.9 Å². The van der Waals surface area contributed by atoms with E-state index >= 15 is 0 Å². The lowest BCUT2D eigenvalue weighted by Crippen LogP contribution is -2.08. The Morgan fingerprint density at radius 2 is 2.00 bits per heavy atom. The van der Waals surface area contributed by atoms with E-state index in [9.17, 15) is 4.39 Å². The highest BCUT2D eigenvalue weighted by molar-refractivity contribution is 7.99. The fourth-order valence-corrected chi connectivity index (χ4v) is 3.61. The van der Waals surface area contributed by atoms with E-state index in [1.165, 1.54) is 38.2 Å². The van der Waals surface area contributed by atoms with Crippen LogP contribution in [0.25, 0.3) is 11.4 Å². The maximum absolute atomic E-state index is 13.7. The summed E-state index contributed by atoms with van der Waals surface area (Å²) in [6.45, 7) is 0. The van der Waals surface area contributed by atoms with Crippen LogP contribution in [-0.2, 0) is 0 Å². The van der Waals surface area contributed by atoms with Gasteiger partial charge in [-0.1, -0.05) is 43.2 Å². The number of nitrogens with one attached hydrogen (secondary N) is 1. The number of hydrogen-bond acceptors (Lipinski definition) is 3. The van der Waals surface area contributed by atoms with Gasteiger partial charge in [0.25, 0.3) is 0 Å². The largest absolute Gasteiger partial charge is 0.258 e. The van der Waals surface area contributed by atoms with Gasteiger partial charge in [-0.15, -0.1) is 5.10 Å². The number of aromatic amines is 1. The van der Waals surface area contributed by atoms with Crippen LogP contribution in [0.3, 0.4) is 0 Å². The van der Waals surface area contributed by atoms with Gasteiger partial charge in [0, 0.05) is 5.75 Å². The van der Waals surface area contributed by atoms with Gasteiger partial charge in [0.1, 0.15) is 5.82 Å². The average Bonchev–Trinajstić information content (AvgIpc) is 2.95. The fraction of sp³-hybridized carbons (Fsp3) is 0.467. The molecule has 1 fully saturated rings. The molecule has 1 aliphatic rings. The predicted octanol–water partition coefficient (Wildman–Crippen LogP) is 4.28. The van der Waals surface area contributed by atoms with Gasteiger partial charge in [-0.2, -0.15) is 0 Å².